The molecule has 1 saturated heterocycles. The van der Waals surface area contributed by atoms with Crippen LogP contribution in [0.2, 0.25) is 0 Å². The summed E-state index contributed by atoms with van der Waals surface area (Å²) < 4.78 is 0. The fourth-order valence-electron chi connectivity index (χ4n) is 2.28. The van der Waals surface area contributed by atoms with Gasteiger partial charge in [-0.2, -0.15) is 0 Å². The molecule has 0 saturated carbocycles. The predicted molar refractivity (Wildman–Crippen MR) is 69.3 cm³/mol. The van der Waals surface area contributed by atoms with Gasteiger partial charge in [0.2, 0.25) is 0 Å². The molecule has 0 aromatic rings. The molecule has 0 aromatic heterocycles. The first-order chi connectivity index (χ1) is 8.52. The third kappa shape index (κ3) is 2.30. The largest absolute Gasteiger partial charge is 0.324 e. The second-order valence-electron chi connectivity index (χ2n) is 5.13. The maximum absolute atomic E-state index is 12.3. The predicted octanol–water partition coefficient (Wildman–Crippen LogP) is 1.66. The van der Waals surface area contributed by atoms with Crippen molar-refractivity contribution >= 4 is 17.6 Å². The highest BCUT2D eigenvalue weighted by Crippen LogP contribution is 2.23. The topological polar surface area (TPSA) is 53.0 Å². The van der Waals surface area contributed by atoms with Crippen molar-refractivity contribution in [2.45, 2.75) is 27.2 Å². The number of rotatable bonds is 4. The number of nitrogens with zero attached hydrogens (tertiary/aromatic N) is 3. The van der Waals surface area contributed by atoms with Crippen molar-refractivity contribution < 1.29 is 9.59 Å². The van der Waals surface area contributed by atoms with Crippen LogP contribution in [0, 0.1) is 5.92 Å². The highest BCUT2D eigenvalue weighted by atomic mass is 16.2. The summed E-state index contributed by atoms with van der Waals surface area (Å²) in [6.07, 6.45) is 2.38. The molecule has 2 aliphatic rings. The third-order valence-corrected chi connectivity index (χ3v) is 2.98. The van der Waals surface area contributed by atoms with Crippen molar-refractivity contribution in [1.82, 2.24) is 9.80 Å². The SMILES string of the molecule is CCCN1CC2=NC(=O)C=C2N(CC(C)C)C1=O. The van der Waals surface area contributed by atoms with Gasteiger partial charge in [-0.05, 0) is 12.3 Å². The molecule has 5 heteroatoms. The van der Waals surface area contributed by atoms with Crippen molar-refractivity contribution in [3.05, 3.63) is 11.8 Å². The lowest BCUT2D eigenvalue weighted by Crippen LogP contribution is -2.52. The highest BCUT2D eigenvalue weighted by Gasteiger charge is 2.36. The molecule has 0 radical (unpaired) electrons. The Balaban J connectivity index is 2.28. The summed E-state index contributed by atoms with van der Waals surface area (Å²) in [5, 5.41) is 0. The van der Waals surface area contributed by atoms with Crippen LogP contribution in [0.1, 0.15) is 27.2 Å². The Labute approximate surface area is 107 Å². The van der Waals surface area contributed by atoms with Crippen molar-refractivity contribution in [3.63, 3.8) is 0 Å². The van der Waals surface area contributed by atoms with Gasteiger partial charge in [-0.25, -0.2) is 9.79 Å². The zero-order chi connectivity index (χ0) is 13.3. The summed E-state index contributed by atoms with van der Waals surface area (Å²) in [5.41, 5.74) is 1.43. The molecule has 0 spiro atoms. The van der Waals surface area contributed by atoms with Gasteiger partial charge in [0.05, 0.1) is 18.0 Å². The molecule has 98 valence electrons. The van der Waals surface area contributed by atoms with E-state index in [0.717, 1.165) is 12.1 Å². The number of hydrogen-bond donors (Lipinski definition) is 0. The normalized spacial score (nSPS) is 19.3. The first kappa shape index (κ1) is 12.8. The molecule has 0 aliphatic carbocycles. The molecule has 0 atom stereocenters. The summed E-state index contributed by atoms with van der Waals surface area (Å²) in [6, 6.07) is -0.00884. The molecule has 2 heterocycles. The lowest BCUT2D eigenvalue weighted by molar-refractivity contribution is -0.113. The summed E-state index contributed by atoms with van der Waals surface area (Å²) in [6.45, 7) is 7.93. The van der Waals surface area contributed by atoms with Crippen LogP contribution >= 0.6 is 0 Å². The minimum Gasteiger partial charge on any atom is -0.318 e. The van der Waals surface area contributed by atoms with Gasteiger partial charge in [0.15, 0.2) is 0 Å². The molecule has 0 bridgehead atoms. The van der Waals surface area contributed by atoms with E-state index in [1.165, 1.54) is 6.08 Å². The van der Waals surface area contributed by atoms with Gasteiger partial charge in [0.1, 0.15) is 0 Å². The number of hydrogen-bond acceptors (Lipinski definition) is 2. The average Bonchev–Trinajstić information content (AvgIpc) is 2.65. The van der Waals surface area contributed by atoms with E-state index in [1.807, 2.05) is 6.92 Å². The number of amides is 3. The van der Waals surface area contributed by atoms with Crippen LogP contribution in [0.4, 0.5) is 4.79 Å². The Hall–Kier alpha value is -1.65. The number of fused-ring (bicyclic) bond motifs is 1. The van der Waals surface area contributed by atoms with Crippen molar-refractivity contribution in [2.24, 2.45) is 10.9 Å². The van der Waals surface area contributed by atoms with Crippen molar-refractivity contribution in [2.75, 3.05) is 19.6 Å². The third-order valence-electron chi connectivity index (χ3n) is 2.98. The summed E-state index contributed by atoms with van der Waals surface area (Å²) in [4.78, 5) is 31.2. The van der Waals surface area contributed by atoms with E-state index in [9.17, 15) is 9.59 Å². The van der Waals surface area contributed by atoms with Crippen LogP contribution in [-0.2, 0) is 4.79 Å². The molecule has 3 amide bonds. The number of carbonyl (C=O) groups excluding carboxylic acids is 2. The van der Waals surface area contributed by atoms with Crippen LogP contribution in [0.3, 0.4) is 0 Å². The van der Waals surface area contributed by atoms with Crippen molar-refractivity contribution in [1.29, 1.82) is 0 Å². The van der Waals surface area contributed by atoms with Gasteiger partial charge < -0.3 is 4.90 Å². The number of carbonyl (C=O) groups is 2. The molecule has 2 rings (SSSR count). The van der Waals surface area contributed by atoms with E-state index in [2.05, 4.69) is 18.8 Å². The maximum atomic E-state index is 12.3. The molecular weight excluding hydrogens is 230 g/mol. The first-order valence-corrected chi connectivity index (χ1v) is 6.43. The monoisotopic (exact) mass is 249 g/mol. The summed E-state index contributed by atoms with van der Waals surface area (Å²) >= 11 is 0. The number of urea groups is 1. The van der Waals surface area contributed by atoms with E-state index >= 15 is 0 Å². The minimum absolute atomic E-state index is 0.00884. The van der Waals surface area contributed by atoms with Crippen LogP contribution < -0.4 is 0 Å². The summed E-state index contributed by atoms with van der Waals surface area (Å²) in [7, 11) is 0. The Morgan fingerprint density at radius 3 is 2.72 bits per heavy atom. The van der Waals surface area contributed by atoms with E-state index in [4.69, 9.17) is 0 Å². The Kier molecular flexibility index (Phi) is 3.50. The molecule has 0 aromatic carbocycles. The van der Waals surface area contributed by atoms with Crippen LogP contribution in [0.25, 0.3) is 0 Å². The van der Waals surface area contributed by atoms with E-state index in [-0.39, 0.29) is 11.9 Å². The Bertz CT molecular complexity index is 438. The van der Waals surface area contributed by atoms with E-state index in [1.54, 1.807) is 9.80 Å². The second kappa shape index (κ2) is 4.92. The molecule has 18 heavy (non-hydrogen) atoms. The van der Waals surface area contributed by atoms with Gasteiger partial charge >= 0.3 is 6.03 Å². The van der Waals surface area contributed by atoms with Gasteiger partial charge in [-0.1, -0.05) is 20.8 Å². The fraction of sp³-hybridized carbons (Fsp3) is 0.615. The summed E-state index contributed by atoms with van der Waals surface area (Å²) in [5.74, 6) is 0.105. The van der Waals surface area contributed by atoms with Crippen LogP contribution in [0.15, 0.2) is 16.8 Å². The smallest absolute Gasteiger partial charge is 0.318 e. The van der Waals surface area contributed by atoms with Crippen molar-refractivity contribution in [3.8, 4) is 0 Å². The van der Waals surface area contributed by atoms with Gasteiger partial charge in [0, 0.05) is 19.2 Å². The minimum atomic E-state index is -0.250. The molecule has 2 aliphatic heterocycles. The zero-order valence-corrected chi connectivity index (χ0v) is 11.1. The van der Waals surface area contributed by atoms with Gasteiger partial charge in [-0.15, -0.1) is 0 Å². The van der Waals surface area contributed by atoms with Gasteiger partial charge in [-0.3, -0.25) is 9.69 Å². The molecule has 1 fully saturated rings. The average molecular weight is 249 g/mol. The molecule has 5 nitrogen and oxygen atoms in total. The maximum Gasteiger partial charge on any atom is 0.324 e. The quantitative estimate of drug-likeness (QED) is 0.760. The second-order valence-corrected chi connectivity index (χ2v) is 5.13. The first-order valence-electron chi connectivity index (χ1n) is 6.43. The Morgan fingerprint density at radius 1 is 1.39 bits per heavy atom. The van der Waals surface area contributed by atoms with Gasteiger partial charge in [0.25, 0.3) is 5.91 Å². The highest BCUT2D eigenvalue weighted by molar-refractivity contribution is 6.20. The Morgan fingerprint density at radius 2 is 2.11 bits per heavy atom. The van der Waals surface area contributed by atoms with Crippen LogP contribution in [0.5, 0.6) is 0 Å². The van der Waals surface area contributed by atoms with Crippen LogP contribution in [-0.4, -0.2) is 47.1 Å². The zero-order valence-electron chi connectivity index (χ0n) is 11.1. The number of aliphatic imine (C=N–C) groups is 1. The fourth-order valence-corrected chi connectivity index (χ4v) is 2.28. The standard InChI is InChI=1S/C13H19N3O2/c1-4-5-15-8-10-11(6-12(17)14-10)16(13(15)18)7-9(2)3/h6,9H,4-5,7-8H2,1-3H3. The molecular formula is C13H19N3O2. The molecule has 0 N–H and O–H groups in total. The lowest BCUT2D eigenvalue weighted by Gasteiger charge is -2.37. The van der Waals surface area contributed by atoms with E-state index < -0.39 is 0 Å². The van der Waals surface area contributed by atoms with E-state index in [0.29, 0.717) is 31.2 Å². The lowest BCUT2D eigenvalue weighted by atomic mass is 10.1. The molecule has 0 unspecified atom stereocenters.